The van der Waals surface area contributed by atoms with Gasteiger partial charge in [0.25, 0.3) is 0 Å². The number of carbonyl (C=O) groups excluding carboxylic acids is 1. The molecule has 1 aromatic rings. The first-order valence-corrected chi connectivity index (χ1v) is 6.94. The topological polar surface area (TPSA) is 41.4 Å². The van der Waals surface area contributed by atoms with E-state index in [1.807, 2.05) is 12.5 Å². The van der Waals surface area contributed by atoms with E-state index in [4.69, 9.17) is 0 Å². The largest absolute Gasteiger partial charge is 0.334 e. The van der Waals surface area contributed by atoms with Crippen LogP contribution in [-0.4, -0.2) is 58.0 Å². The van der Waals surface area contributed by atoms with E-state index in [0.29, 0.717) is 25.7 Å². The first-order chi connectivity index (χ1) is 9.74. The normalized spacial score (nSPS) is 18.9. The number of amides is 1. The van der Waals surface area contributed by atoms with Crippen LogP contribution in [0.3, 0.4) is 0 Å². The highest BCUT2D eigenvalue weighted by molar-refractivity contribution is 5.78. The molecule has 1 fully saturated rings. The first kappa shape index (κ1) is 14.5. The number of hydrogen-bond donors (Lipinski definition) is 0. The molecule has 0 aromatic carbocycles. The van der Waals surface area contributed by atoms with E-state index in [9.17, 15) is 4.79 Å². The molecule has 0 radical (unpaired) electrons. The van der Waals surface area contributed by atoms with Crippen molar-refractivity contribution < 1.29 is 4.79 Å². The fraction of sp³-hybridized carbons (Fsp3) is 0.467. The number of hydrogen-bond acceptors (Lipinski definition) is 3. The average Bonchev–Trinajstić information content (AvgIpc) is 3.08. The Morgan fingerprint density at radius 2 is 2.15 bits per heavy atom. The van der Waals surface area contributed by atoms with Gasteiger partial charge < -0.3 is 9.47 Å². The van der Waals surface area contributed by atoms with Gasteiger partial charge in [0.05, 0.1) is 12.9 Å². The van der Waals surface area contributed by atoms with Gasteiger partial charge in [0, 0.05) is 44.6 Å². The van der Waals surface area contributed by atoms with Crippen molar-refractivity contribution in [3.63, 3.8) is 0 Å². The van der Waals surface area contributed by atoms with E-state index in [-0.39, 0.29) is 5.91 Å². The predicted molar refractivity (Wildman–Crippen MR) is 79.3 cm³/mol. The van der Waals surface area contributed by atoms with Crippen molar-refractivity contribution in [2.75, 3.05) is 32.7 Å². The zero-order valence-corrected chi connectivity index (χ0v) is 11.8. The Balaban J connectivity index is 1.86. The van der Waals surface area contributed by atoms with E-state index < -0.39 is 0 Å². The van der Waals surface area contributed by atoms with E-state index in [1.165, 1.54) is 0 Å². The molecule has 20 heavy (non-hydrogen) atoms. The quantitative estimate of drug-likeness (QED) is 0.704. The highest BCUT2D eigenvalue weighted by atomic mass is 16.2. The second-order valence-corrected chi connectivity index (χ2v) is 5.06. The first-order valence-electron chi connectivity index (χ1n) is 6.94. The van der Waals surface area contributed by atoms with Gasteiger partial charge in [-0.05, 0) is 6.42 Å². The molecule has 2 heterocycles. The van der Waals surface area contributed by atoms with Crippen LogP contribution in [0.4, 0.5) is 0 Å². The zero-order valence-electron chi connectivity index (χ0n) is 11.8. The molecule has 0 aliphatic carbocycles. The monoisotopic (exact) mass is 274 g/mol. The van der Waals surface area contributed by atoms with Crippen LogP contribution < -0.4 is 0 Å². The number of aromatic nitrogens is 2. The summed E-state index contributed by atoms with van der Waals surface area (Å²) in [5.74, 6) is 0.135. The van der Waals surface area contributed by atoms with E-state index in [2.05, 4.69) is 27.6 Å². The number of nitrogens with zero attached hydrogens (tertiary/aromatic N) is 4. The van der Waals surface area contributed by atoms with Gasteiger partial charge >= 0.3 is 0 Å². The van der Waals surface area contributed by atoms with Gasteiger partial charge in [-0.2, -0.15) is 0 Å². The van der Waals surface area contributed by atoms with Crippen LogP contribution in [0.2, 0.25) is 0 Å². The van der Waals surface area contributed by atoms with E-state index >= 15 is 0 Å². The van der Waals surface area contributed by atoms with Crippen molar-refractivity contribution in [3.8, 4) is 0 Å². The van der Waals surface area contributed by atoms with Gasteiger partial charge in [-0.3, -0.25) is 9.69 Å². The van der Waals surface area contributed by atoms with Crippen molar-refractivity contribution >= 4 is 5.91 Å². The fourth-order valence-corrected chi connectivity index (χ4v) is 2.57. The highest BCUT2D eigenvalue weighted by Gasteiger charge is 2.26. The third-order valence-corrected chi connectivity index (χ3v) is 3.60. The summed E-state index contributed by atoms with van der Waals surface area (Å²) in [6.07, 6.45) is 10.2. The van der Waals surface area contributed by atoms with Gasteiger partial charge in [-0.25, -0.2) is 4.98 Å². The molecule has 1 amide bonds. The lowest BCUT2D eigenvalue weighted by atomic mass is 10.3. The van der Waals surface area contributed by atoms with Gasteiger partial charge in [-0.1, -0.05) is 12.2 Å². The molecule has 108 valence electrons. The van der Waals surface area contributed by atoms with Crippen molar-refractivity contribution in [1.29, 1.82) is 0 Å². The predicted octanol–water partition coefficient (Wildman–Crippen LogP) is 1.33. The third kappa shape index (κ3) is 3.57. The molecule has 0 spiro atoms. The Hall–Kier alpha value is -1.88. The second-order valence-electron chi connectivity index (χ2n) is 5.06. The molecule has 1 atom stereocenters. The highest BCUT2D eigenvalue weighted by Crippen LogP contribution is 2.20. The molecule has 1 aromatic heterocycles. The molecule has 1 aliphatic heterocycles. The van der Waals surface area contributed by atoms with Crippen LogP contribution in [-0.2, 0) is 4.79 Å². The maximum atomic E-state index is 12.2. The average molecular weight is 274 g/mol. The van der Waals surface area contributed by atoms with Crippen LogP contribution in [0.15, 0.2) is 44.0 Å². The summed E-state index contributed by atoms with van der Waals surface area (Å²) in [5, 5.41) is 0. The van der Waals surface area contributed by atoms with Crippen molar-refractivity contribution in [2.24, 2.45) is 0 Å². The Kier molecular flexibility index (Phi) is 5.12. The Morgan fingerprint density at radius 3 is 2.75 bits per heavy atom. The minimum atomic E-state index is 0.135. The minimum absolute atomic E-state index is 0.135. The van der Waals surface area contributed by atoms with E-state index in [1.54, 1.807) is 23.2 Å². The van der Waals surface area contributed by atoms with Gasteiger partial charge in [0.2, 0.25) is 5.91 Å². The molecular weight excluding hydrogens is 252 g/mol. The maximum absolute atomic E-state index is 12.2. The van der Waals surface area contributed by atoms with Crippen LogP contribution >= 0.6 is 0 Å². The number of carbonyl (C=O) groups is 1. The molecule has 5 heteroatoms. The van der Waals surface area contributed by atoms with Gasteiger partial charge in [-0.15, -0.1) is 13.2 Å². The Bertz CT molecular complexity index is 444. The van der Waals surface area contributed by atoms with Gasteiger partial charge in [0.15, 0.2) is 0 Å². The standard InChI is InChI=1S/C15H22N4O/c1-3-7-18(8-4-2)15(20)12-17-9-5-14(11-17)19-10-6-16-13-19/h3-4,6,10,13-14H,1-2,5,7-9,11-12H2. The van der Waals surface area contributed by atoms with Crippen LogP contribution in [0.1, 0.15) is 12.5 Å². The summed E-state index contributed by atoms with van der Waals surface area (Å²) in [6, 6.07) is 0.428. The third-order valence-electron chi connectivity index (χ3n) is 3.60. The summed E-state index contributed by atoms with van der Waals surface area (Å²) < 4.78 is 2.12. The Labute approximate surface area is 120 Å². The lowest BCUT2D eigenvalue weighted by molar-refractivity contribution is -0.131. The molecule has 1 unspecified atom stereocenters. The summed E-state index contributed by atoms with van der Waals surface area (Å²) in [6.45, 7) is 10.8. The van der Waals surface area contributed by atoms with Crippen molar-refractivity contribution in [1.82, 2.24) is 19.4 Å². The number of likely N-dealkylation sites (tertiary alicyclic amines) is 1. The SMILES string of the molecule is C=CCN(CC=C)C(=O)CN1CCC(n2ccnc2)C1. The maximum Gasteiger partial charge on any atom is 0.237 e. The molecule has 0 N–H and O–H groups in total. The smallest absolute Gasteiger partial charge is 0.237 e. The molecule has 1 saturated heterocycles. The van der Waals surface area contributed by atoms with Gasteiger partial charge in [0.1, 0.15) is 0 Å². The lowest BCUT2D eigenvalue weighted by Gasteiger charge is -2.23. The number of rotatable bonds is 7. The molecule has 1 aliphatic rings. The summed E-state index contributed by atoms with van der Waals surface area (Å²) >= 11 is 0. The van der Waals surface area contributed by atoms with Crippen molar-refractivity contribution in [2.45, 2.75) is 12.5 Å². The van der Waals surface area contributed by atoms with Crippen molar-refractivity contribution in [3.05, 3.63) is 44.0 Å². The fourth-order valence-electron chi connectivity index (χ4n) is 2.57. The van der Waals surface area contributed by atoms with Crippen LogP contribution in [0.25, 0.3) is 0 Å². The van der Waals surface area contributed by atoms with E-state index in [0.717, 1.165) is 19.5 Å². The summed E-state index contributed by atoms with van der Waals surface area (Å²) in [5.41, 5.74) is 0. The van der Waals surface area contributed by atoms with Crippen LogP contribution in [0, 0.1) is 0 Å². The zero-order chi connectivity index (χ0) is 14.4. The lowest BCUT2D eigenvalue weighted by Crippen LogP contribution is -2.39. The molecule has 0 saturated carbocycles. The second kappa shape index (κ2) is 7.05. The Morgan fingerprint density at radius 1 is 1.40 bits per heavy atom. The summed E-state index contributed by atoms with van der Waals surface area (Å²) in [7, 11) is 0. The minimum Gasteiger partial charge on any atom is -0.334 e. The summed E-state index contributed by atoms with van der Waals surface area (Å²) in [4.78, 5) is 20.3. The van der Waals surface area contributed by atoms with Crippen LogP contribution in [0.5, 0.6) is 0 Å². The number of imidazole rings is 1. The molecule has 2 rings (SSSR count). The molecule has 5 nitrogen and oxygen atoms in total. The molecule has 0 bridgehead atoms. The molecular formula is C15H22N4O.